The smallest absolute Gasteiger partial charge is 0.254 e. The van der Waals surface area contributed by atoms with E-state index in [9.17, 15) is 13.6 Å². The summed E-state index contributed by atoms with van der Waals surface area (Å²) in [4.78, 5) is 21.8. The van der Waals surface area contributed by atoms with Crippen molar-refractivity contribution in [3.05, 3.63) is 65.6 Å². The summed E-state index contributed by atoms with van der Waals surface area (Å²) in [6.07, 6.45) is 0.878. The number of hydrogen-bond donors (Lipinski definition) is 0. The second-order valence-electron chi connectivity index (χ2n) is 8.90. The molecule has 2 aliphatic rings. The van der Waals surface area contributed by atoms with Crippen LogP contribution in [0.3, 0.4) is 0 Å². The summed E-state index contributed by atoms with van der Waals surface area (Å²) < 4.78 is 38.1. The van der Waals surface area contributed by atoms with Crippen molar-refractivity contribution < 1.29 is 22.8 Å². The fourth-order valence-corrected chi connectivity index (χ4v) is 5.06. The van der Waals surface area contributed by atoms with Crippen LogP contribution in [0.2, 0.25) is 0 Å². The van der Waals surface area contributed by atoms with E-state index in [2.05, 4.69) is 15.0 Å². The van der Waals surface area contributed by atoms with Crippen LogP contribution in [0, 0.1) is 17.0 Å². The van der Waals surface area contributed by atoms with Crippen molar-refractivity contribution in [3.63, 3.8) is 0 Å². The van der Waals surface area contributed by atoms with Crippen LogP contribution < -0.4 is 4.74 Å². The molecule has 2 saturated heterocycles. The highest BCUT2D eigenvalue weighted by Crippen LogP contribution is 2.49. The first-order valence-corrected chi connectivity index (χ1v) is 10.8. The zero-order chi connectivity index (χ0) is 23.2. The van der Waals surface area contributed by atoms with Crippen LogP contribution in [-0.2, 0) is 0 Å². The monoisotopic (exact) mass is 454 g/mol. The van der Waals surface area contributed by atoms with Crippen molar-refractivity contribution in [1.82, 2.24) is 19.9 Å². The van der Waals surface area contributed by atoms with Crippen LogP contribution >= 0.6 is 0 Å². The van der Waals surface area contributed by atoms with E-state index in [0.717, 1.165) is 19.5 Å². The minimum absolute atomic E-state index is 0.0962. The van der Waals surface area contributed by atoms with Gasteiger partial charge in [-0.2, -0.15) is 4.98 Å². The number of likely N-dealkylation sites (tertiary alicyclic amines) is 2. The predicted octanol–water partition coefficient (Wildman–Crippen LogP) is 3.58. The first-order chi connectivity index (χ1) is 15.9. The first-order valence-electron chi connectivity index (χ1n) is 10.8. The number of carbonyl (C=O) groups is 1. The molecule has 1 amide bonds. The predicted molar refractivity (Wildman–Crippen MR) is 116 cm³/mol. The van der Waals surface area contributed by atoms with Gasteiger partial charge in [-0.05, 0) is 62.5 Å². The van der Waals surface area contributed by atoms with Crippen LogP contribution in [0.4, 0.5) is 8.78 Å². The quantitative estimate of drug-likeness (QED) is 0.600. The second-order valence-corrected chi connectivity index (χ2v) is 8.90. The Kier molecular flexibility index (Phi) is 5.36. The van der Waals surface area contributed by atoms with Gasteiger partial charge in [-0.25, -0.2) is 8.78 Å². The largest absolute Gasteiger partial charge is 0.494 e. The maximum Gasteiger partial charge on any atom is 0.254 e. The van der Waals surface area contributed by atoms with Gasteiger partial charge in [0.25, 0.3) is 5.91 Å². The molecule has 0 bridgehead atoms. The lowest BCUT2D eigenvalue weighted by Gasteiger charge is -2.27. The Morgan fingerprint density at radius 1 is 1.18 bits per heavy atom. The normalized spacial score (nSPS) is 22.9. The summed E-state index contributed by atoms with van der Waals surface area (Å²) in [6.45, 7) is 2.59. The number of hydrogen-bond acceptors (Lipinski definition) is 6. The Morgan fingerprint density at radius 3 is 2.64 bits per heavy atom. The molecule has 2 fully saturated rings. The molecular formula is C24H24F2N4O3. The lowest BCUT2D eigenvalue weighted by atomic mass is 9.77. The van der Waals surface area contributed by atoms with Crippen molar-refractivity contribution in [1.29, 1.82) is 0 Å². The molecule has 2 aliphatic heterocycles. The van der Waals surface area contributed by atoms with E-state index >= 15 is 0 Å². The number of benzene rings is 2. The summed E-state index contributed by atoms with van der Waals surface area (Å²) in [5, 5.41) is 4.10. The van der Waals surface area contributed by atoms with Crippen LogP contribution in [0.5, 0.6) is 5.75 Å². The number of methoxy groups -OCH3 is 1. The fraction of sp³-hybridized carbons (Fsp3) is 0.375. The fourth-order valence-electron chi connectivity index (χ4n) is 5.06. The molecule has 1 spiro atoms. The zero-order valence-electron chi connectivity index (χ0n) is 18.4. The number of nitrogens with zero attached hydrogens (tertiary/aromatic N) is 4. The Bertz CT molecular complexity index is 1180. The van der Waals surface area contributed by atoms with Gasteiger partial charge in [0, 0.05) is 36.2 Å². The van der Waals surface area contributed by atoms with E-state index in [1.165, 1.54) is 31.4 Å². The first kappa shape index (κ1) is 21.5. The topological polar surface area (TPSA) is 71.7 Å². The Hall–Kier alpha value is -3.33. The van der Waals surface area contributed by atoms with Gasteiger partial charge in [-0.15, -0.1) is 0 Å². The van der Waals surface area contributed by atoms with Crippen LogP contribution in [0.15, 0.2) is 47.0 Å². The Labute approximate surface area is 189 Å². The molecule has 1 aromatic heterocycles. The zero-order valence-corrected chi connectivity index (χ0v) is 18.4. The van der Waals surface area contributed by atoms with E-state index in [-0.39, 0.29) is 34.4 Å². The van der Waals surface area contributed by atoms with Gasteiger partial charge in [0.2, 0.25) is 11.7 Å². The van der Waals surface area contributed by atoms with Crippen molar-refractivity contribution >= 4 is 5.91 Å². The standard InChI is InChI=1S/C24H24F2N4O3/c1-29-10-9-24(13-29)14-30(23(31)16-5-8-20(32-2)19(26)11-16)12-18(24)22-27-21(28-33-22)15-3-6-17(25)7-4-15/h3-8,11,18H,9-10,12-14H2,1-2H3/t18-,24-/m0/s1. The average molecular weight is 454 g/mol. The van der Waals surface area contributed by atoms with Crippen molar-refractivity contribution in [2.45, 2.75) is 12.3 Å². The molecule has 5 rings (SSSR count). The average Bonchev–Trinajstić information content (AvgIpc) is 3.53. The van der Waals surface area contributed by atoms with Gasteiger partial charge >= 0.3 is 0 Å². The van der Waals surface area contributed by atoms with Crippen molar-refractivity contribution in [2.75, 3.05) is 40.3 Å². The maximum atomic E-state index is 14.2. The van der Waals surface area contributed by atoms with Gasteiger partial charge in [0.15, 0.2) is 11.6 Å². The number of ether oxygens (including phenoxy) is 1. The van der Waals surface area contributed by atoms with Crippen molar-refractivity contribution in [3.8, 4) is 17.1 Å². The van der Waals surface area contributed by atoms with Gasteiger partial charge in [0.05, 0.1) is 13.0 Å². The van der Waals surface area contributed by atoms with E-state index in [1.54, 1.807) is 23.1 Å². The number of rotatable bonds is 4. The molecule has 33 heavy (non-hydrogen) atoms. The van der Waals surface area contributed by atoms with Crippen molar-refractivity contribution in [2.24, 2.45) is 5.41 Å². The number of halogens is 2. The molecule has 0 unspecified atom stereocenters. The lowest BCUT2D eigenvalue weighted by molar-refractivity contribution is 0.0773. The van der Waals surface area contributed by atoms with Crippen LogP contribution in [-0.4, -0.2) is 66.2 Å². The van der Waals surface area contributed by atoms with Crippen LogP contribution in [0.25, 0.3) is 11.4 Å². The van der Waals surface area contributed by atoms with E-state index < -0.39 is 5.82 Å². The summed E-state index contributed by atoms with van der Waals surface area (Å²) in [5.41, 5.74) is 0.693. The van der Waals surface area contributed by atoms with E-state index in [0.29, 0.717) is 30.4 Å². The number of aromatic nitrogens is 2. The minimum Gasteiger partial charge on any atom is -0.494 e. The third kappa shape index (κ3) is 3.86. The SMILES string of the molecule is COc1ccc(C(=O)N2C[C@@H](c3nc(-c4ccc(F)cc4)no3)[C@]3(CCN(C)C3)C2)cc1F. The molecule has 0 aliphatic carbocycles. The van der Waals surface area contributed by atoms with Gasteiger partial charge in [-0.3, -0.25) is 4.79 Å². The molecule has 2 atom stereocenters. The molecule has 9 heteroatoms. The molecule has 3 aromatic rings. The lowest BCUT2D eigenvalue weighted by Crippen LogP contribution is -2.34. The molecule has 0 N–H and O–H groups in total. The highest BCUT2D eigenvalue weighted by molar-refractivity contribution is 5.94. The molecule has 0 saturated carbocycles. The summed E-state index contributed by atoms with van der Waals surface area (Å²) in [5.74, 6) is -0.374. The van der Waals surface area contributed by atoms with E-state index in [1.807, 2.05) is 7.05 Å². The molecule has 7 nitrogen and oxygen atoms in total. The molecule has 0 radical (unpaired) electrons. The summed E-state index contributed by atoms with van der Waals surface area (Å²) in [7, 11) is 3.43. The number of carbonyl (C=O) groups excluding carboxylic acids is 1. The third-order valence-electron chi connectivity index (χ3n) is 6.75. The van der Waals surface area contributed by atoms with Gasteiger partial charge < -0.3 is 19.1 Å². The van der Waals surface area contributed by atoms with E-state index in [4.69, 9.17) is 9.26 Å². The number of amides is 1. The van der Waals surface area contributed by atoms with Crippen LogP contribution in [0.1, 0.15) is 28.6 Å². The molecule has 3 heterocycles. The molecule has 172 valence electrons. The summed E-state index contributed by atoms with van der Waals surface area (Å²) >= 11 is 0. The van der Waals surface area contributed by atoms with Gasteiger partial charge in [0.1, 0.15) is 5.82 Å². The molecular weight excluding hydrogens is 430 g/mol. The maximum absolute atomic E-state index is 14.2. The summed E-state index contributed by atoms with van der Waals surface area (Å²) in [6, 6.07) is 10.1. The molecule has 2 aromatic carbocycles. The Balaban J connectivity index is 1.44. The third-order valence-corrected chi connectivity index (χ3v) is 6.75. The second kappa shape index (κ2) is 8.22. The minimum atomic E-state index is -0.574. The Morgan fingerprint density at radius 2 is 1.97 bits per heavy atom. The van der Waals surface area contributed by atoms with Gasteiger partial charge in [-0.1, -0.05) is 5.16 Å². The highest BCUT2D eigenvalue weighted by atomic mass is 19.1. The highest BCUT2D eigenvalue weighted by Gasteiger charge is 2.53.